The SMILES string of the molecule is CC(=O)N[C@@H](C)COc1n[nH]c(-c2nc3ccc(OCC4CC4)cc3o2)c1C. The molecule has 0 bridgehead atoms. The first-order valence-electron chi connectivity index (χ1n) is 9.48. The predicted octanol–water partition coefficient (Wildman–Crippen LogP) is 3.22. The van der Waals surface area contributed by atoms with Crippen LogP contribution >= 0.6 is 0 Å². The van der Waals surface area contributed by atoms with Crippen LogP contribution in [0.4, 0.5) is 0 Å². The van der Waals surface area contributed by atoms with Crippen LogP contribution < -0.4 is 14.8 Å². The second-order valence-electron chi connectivity index (χ2n) is 7.34. The highest BCUT2D eigenvalue weighted by molar-refractivity contribution is 5.77. The fourth-order valence-electron chi connectivity index (χ4n) is 2.92. The van der Waals surface area contributed by atoms with Gasteiger partial charge in [-0.05, 0) is 44.7 Å². The number of fused-ring (bicyclic) bond motifs is 1. The van der Waals surface area contributed by atoms with Crippen LogP contribution in [0.3, 0.4) is 0 Å². The molecule has 2 aromatic heterocycles. The lowest BCUT2D eigenvalue weighted by atomic mass is 10.2. The largest absolute Gasteiger partial charge is 0.493 e. The number of benzene rings is 1. The molecule has 148 valence electrons. The molecule has 1 atom stereocenters. The summed E-state index contributed by atoms with van der Waals surface area (Å²) >= 11 is 0. The Labute approximate surface area is 162 Å². The van der Waals surface area contributed by atoms with Gasteiger partial charge in [0.15, 0.2) is 5.58 Å². The molecule has 3 aromatic rings. The highest BCUT2D eigenvalue weighted by Crippen LogP contribution is 2.32. The highest BCUT2D eigenvalue weighted by atomic mass is 16.5. The van der Waals surface area contributed by atoms with Crippen molar-refractivity contribution in [3.05, 3.63) is 23.8 Å². The summed E-state index contributed by atoms with van der Waals surface area (Å²) in [5.74, 6) is 2.30. The summed E-state index contributed by atoms with van der Waals surface area (Å²) in [6.45, 7) is 6.30. The average molecular weight is 384 g/mol. The molecule has 0 radical (unpaired) electrons. The number of nitrogens with zero attached hydrogens (tertiary/aromatic N) is 2. The molecule has 2 heterocycles. The fourth-order valence-corrected chi connectivity index (χ4v) is 2.92. The number of hydrogen-bond donors (Lipinski definition) is 2. The van der Waals surface area contributed by atoms with E-state index in [1.54, 1.807) is 0 Å². The molecule has 1 aromatic carbocycles. The van der Waals surface area contributed by atoms with Crippen molar-refractivity contribution >= 4 is 17.0 Å². The Morgan fingerprint density at radius 1 is 1.39 bits per heavy atom. The molecule has 1 aliphatic rings. The van der Waals surface area contributed by atoms with Crippen LogP contribution in [-0.2, 0) is 4.79 Å². The lowest BCUT2D eigenvalue weighted by molar-refractivity contribution is -0.119. The van der Waals surface area contributed by atoms with Gasteiger partial charge in [0, 0.05) is 18.6 Å². The number of carbonyl (C=O) groups excluding carboxylic acids is 1. The van der Waals surface area contributed by atoms with E-state index < -0.39 is 0 Å². The topological polar surface area (TPSA) is 102 Å². The Morgan fingerprint density at radius 2 is 2.21 bits per heavy atom. The molecular weight excluding hydrogens is 360 g/mol. The standard InChI is InChI=1S/C20H24N4O4/c1-11(21-13(3)25)9-27-19-12(2)18(23-24-19)20-22-16-7-6-15(8-17(16)28-20)26-10-14-4-5-14/h6-8,11,14H,4-5,9-10H2,1-3H3,(H,21,25)(H,23,24)/t11-/m0/s1. The molecule has 1 saturated carbocycles. The minimum absolute atomic E-state index is 0.0949. The Morgan fingerprint density at radius 3 is 2.96 bits per heavy atom. The van der Waals surface area contributed by atoms with Crippen LogP contribution in [-0.4, -0.2) is 40.3 Å². The van der Waals surface area contributed by atoms with Crippen molar-refractivity contribution in [1.82, 2.24) is 20.5 Å². The Bertz CT molecular complexity index is 989. The van der Waals surface area contributed by atoms with Gasteiger partial charge in [0.05, 0.1) is 12.6 Å². The zero-order valence-corrected chi connectivity index (χ0v) is 16.2. The lowest BCUT2D eigenvalue weighted by Gasteiger charge is -2.12. The Hall–Kier alpha value is -3.03. The van der Waals surface area contributed by atoms with Gasteiger partial charge in [0.1, 0.15) is 23.6 Å². The smallest absolute Gasteiger partial charge is 0.246 e. The molecule has 2 N–H and O–H groups in total. The molecule has 1 aliphatic carbocycles. The number of aromatic nitrogens is 3. The van der Waals surface area contributed by atoms with Crippen LogP contribution in [0.15, 0.2) is 22.6 Å². The number of oxazole rings is 1. The fraction of sp³-hybridized carbons (Fsp3) is 0.450. The molecule has 28 heavy (non-hydrogen) atoms. The minimum Gasteiger partial charge on any atom is -0.493 e. The number of aromatic amines is 1. The summed E-state index contributed by atoms with van der Waals surface area (Å²) in [5.41, 5.74) is 2.88. The molecule has 4 rings (SSSR count). The first-order valence-corrected chi connectivity index (χ1v) is 9.48. The van der Waals surface area contributed by atoms with Crippen molar-refractivity contribution in [3.8, 4) is 23.2 Å². The van der Waals surface area contributed by atoms with Gasteiger partial charge < -0.3 is 19.2 Å². The molecule has 8 nitrogen and oxygen atoms in total. The predicted molar refractivity (Wildman–Crippen MR) is 103 cm³/mol. The van der Waals surface area contributed by atoms with Gasteiger partial charge in [0.2, 0.25) is 17.7 Å². The lowest BCUT2D eigenvalue weighted by Crippen LogP contribution is -2.35. The summed E-state index contributed by atoms with van der Waals surface area (Å²) in [4.78, 5) is 15.6. The molecule has 0 spiro atoms. The van der Waals surface area contributed by atoms with Gasteiger partial charge in [-0.15, -0.1) is 5.10 Å². The number of amides is 1. The van der Waals surface area contributed by atoms with E-state index in [0.717, 1.165) is 23.4 Å². The molecule has 0 unspecified atom stereocenters. The van der Waals surface area contributed by atoms with Gasteiger partial charge in [0.25, 0.3) is 0 Å². The number of carbonyl (C=O) groups is 1. The van der Waals surface area contributed by atoms with Crippen molar-refractivity contribution in [2.45, 2.75) is 39.7 Å². The van der Waals surface area contributed by atoms with Gasteiger partial charge in [-0.25, -0.2) is 4.98 Å². The summed E-state index contributed by atoms with van der Waals surface area (Å²) in [5, 5.41) is 9.90. The summed E-state index contributed by atoms with van der Waals surface area (Å²) < 4.78 is 17.4. The third-order valence-electron chi connectivity index (χ3n) is 4.64. The first kappa shape index (κ1) is 18.3. The summed E-state index contributed by atoms with van der Waals surface area (Å²) in [7, 11) is 0. The molecule has 0 aliphatic heterocycles. The molecular formula is C20H24N4O4. The van der Waals surface area contributed by atoms with Crippen LogP contribution in [0.5, 0.6) is 11.6 Å². The maximum absolute atomic E-state index is 11.1. The van der Waals surface area contributed by atoms with Crippen molar-refractivity contribution < 1.29 is 18.7 Å². The van der Waals surface area contributed by atoms with Crippen LogP contribution in [0.2, 0.25) is 0 Å². The van der Waals surface area contributed by atoms with Crippen molar-refractivity contribution in [2.24, 2.45) is 5.92 Å². The third-order valence-corrected chi connectivity index (χ3v) is 4.64. The van der Waals surface area contributed by atoms with E-state index >= 15 is 0 Å². The van der Waals surface area contributed by atoms with Crippen molar-refractivity contribution in [1.29, 1.82) is 0 Å². The van der Waals surface area contributed by atoms with Crippen LogP contribution in [0.25, 0.3) is 22.7 Å². The summed E-state index contributed by atoms with van der Waals surface area (Å²) in [6.07, 6.45) is 2.50. The minimum atomic E-state index is -0.115. The van der Waals surface area contributed by atoms with E-state index in [2.05, 4.69) is 20.5 Å². The van der Waals surface area contributed by atoms with E-state index in [1.165, 1.54) is 19.8 Å². The van der Waals surface area contributed by atoms with Gasteiger partial charge in [-0.1, -0.05) is 0 Å². The molecule has 1 fully saturated rings. The van der Waals surface area contributed by atoms with E-state index in [1.807, 2.05) is 32.0 Å². The molecule has 1 amide bonds. The second-order valence-corrected chi connectivity index (χ2v) is 7.34. The van der Waals surface area contributed by atoms with Crippen molar-refractivity contribution in [2.75, 3.05) is 13.2 Å². The van der Waals surface area contributed by atoms with E-state index in [4.69, 9.17) is 13.9 Å². The number of nitrogens with one attached hydrogen (secondary N) is 2. The first-order chi connectivity index (χ1) is 13.5. The van der Waals surface area contributed by atoms with E-state index in [9.17, 15) is 4.79 Å². The Balaban J connectivity index is 1.48. The monoisotopic (exact) mass is 384 g/mol. The maximum atomic E-state index is 11.1. The number of ether oxygens (including phenoxy) is 2. The third kappa shape index (κ3) is 4.11. The number of hydrogen-bond acceptors (Lipinski definition) is 6. The van der Waals surface area contributed by atoms with E-state index in [-0.39, 0.29) is 11.9 Å². The highest BCUT2D eigenvalue weighted by Gasteiger charge is 2.22. The normalized spacial score (nSPS) is 14.8. The molecule has 8 heteroatoms. The van der Waals surface area contributed by atoms with Crippen LogP contribution in [0.1, 0.15) is 32.3 Å². The van der Waals surface area contributed by atoms with Gasteiger partial charge in [-0.2, -0.15) is 0 Å². The van der Waals surface area contributed by atoms with E-state index in [0.29, 0.717) is 35.6 Å². The maximum Gasteiger partial charge on any atom is 0.246 e. The average Bonchev–Trinajstić information content (AvgIpc) is 3.27. The van der Waals surface area contributed by atoms with Gasteiger partial charge in [-0.3, -0.25) is 9.89 Å². The summed E-state index contributed by atoms with van der Waals surface area (Å²) in [6, 6.07) is 5.56. The van der Waals surface area contributed by atoms with Gasteiger partial charge >= 0.3 is 0 Å². The number of rotatable bonds is 8. The van der Waals surface area contributed by atoms with Crippen LogP contribution in [0, 0.1) is 12.8 Å². The number of H-pyrrole nitrogens is 1. The van der Waals surface area contributed by atoms with Crippen molar-refractivity contribution in [3.63, 3.8) is 0 Å². The quantitative estimate of drug-likeness (QED) is 0.618. The Kier molecular flexibility index (Phi) is 4.93. The zero-order chi connectivity index (χ0) is 19.7. The molecule has 0 saturated heterocycles. The zero-order valence-electron chi connectivity index (χ0n) is 16.2. The second kappa shape index (κ2) is 7.53.